The Labute approximate surface area is 492 Å². The molecule has 0 saturated heterocycles. The Bertz CT molecular complexity index is 1990. The molecule has 0 aliphatic carbocycles. The summed E-state index contributed by atoms with van der Waals surface area (Å²) in [6.45, 7) is 37.1. The second-order valence-corrected chi connectivity index (χ2v) is 48.4. The molecule has 0 N–H and O–H groups in total. The molecule has 0 amide bonds. The van der Waals surface area contributed by atoms with E-state index < -0.39 is 48.4 Å². The van der Waals surface area contributed by atoms with Crippen molar-refractivity contribution in [3.8, 4) is 0 Å². The molecular formula is C71H123NP2Si4. The van der Waals surface area contributed by atoms with E-state index in [0.29, 0.717) is 12.0 Å². The minimum atomic E-state index is -1.76. The SMILES string of the molecule is CCCC[Si](CCCC)(CCCC)c1ccc(P(c2ccc([Si](CCCC)(CCCC)CCCC)cc2)N(C(C)C(C)C)P(c2cccc([Si](CCC)(CCC)CCC)c2)c2cccc([Si](CCC)(CCC)CCC)c2)cc1. The molecule has 1 unspecified atom stereocenters. The van der Waals surface area contributed by atoms with Gasteiger partial charge in [-0.05, 0) is 34.1 Å². The van der Waals surface area contributed by atoms with Crippen molar-refractivity contribution in [2.45, 2.75) is 298 Å². The molecular weight excluding hydrogens is 1040 g/mol. The molecule has 0 heterocycles. The number of unbranched alkanes of at least 4 members (excludes halogenated alkanes) is 6. The molecule has 0 bridgehead atoms. The van der Waals surface area contributed by atoms with Crippen LogP contribution in [0, 0.1) is 5.92 Å². The highest BCUT2D eigenvalue weighted by Gasteiger charge is 2.41. The van der Waals surface area contributed by atoms with Gasteiger partial charge in [-0.15, -0.1) is 0 Å². The minimum absolute atomic E-state index is 0.362. The molecule has 0 fully saturated rings. The smallest absolute Gasteiger partial charge is 0.0867 e. The maximum absolute atomic E-state index is 3.24. The first-order valence-electron chi connectivity index (χ1n) is 33.6. The molecule has 4 aromatic rings. The fourth-order valence-electron chi connectivity index (χ4n) is 14.5. The standard InChI is InChI=1S/C71H123NP2Si4/c1-16-28-54-77(55-29-17-2,56-30-18-3)68-44-40-64(41-45-68)73(65-42-46-69(47-43-65)78(57-31-19-4,58-32-20-5)59-33-21-6)72(63(15)62(13)14)74(66-36-34-38-70(60-66)75(48-22-7,49-23-8)50-24-9)67-37-35-39-71(61-67)76(51-25-10,52-26-11)53-27-12/h34-47,60-63H,16-33,48-59H2,1-15H3. The van der Waals surface area contributed by atoms with Crippen molar-refractivity contribution < 1.29 is 0 Å². The molecule has 0 aliphatic heterocycles. The predicted octanol–water partition coefficient (Wildman–Crippen LogP) is 20.3. The summed E-state index contributed by atoms with van der Waals surface area (Å²) in [5.41, 5.74) is 0. The zero-order chi connectivity index (χ0) is 57.0. The van der Waals surface area contributed by atoms with Crippen molar-refractivity contribution in [2.24, 2.45) is 5.92 Å². The summed E-state index contributed by atoms with van der Waals surface area (Å²) >= 11 is 0. The van der Waals surface area contributed by atoms with Crippen LogP contribution < -0.4 is 42.0 Å². The molecule has 4 rings (SSSR count). The van der Waals surface area contributed by atoms with Crippen LogP contribution in [0.5, 0.6) is 0 Å². The highest BCUT2D eigenvalue weighted by molar-refractivity contribution is 7.84. The second kappa shape index (κ2) is 36.3. The average Bonchev–Trinajstić information content (AvgIpc) is 3.53. The molecule has 1 nitrogen and oxygen atoms in total. The van der Waals surface area contributed by atoms with Crippen molar-refractivity contribution in [3.63, 3.8) is 0 Å². The third-order valence-electron chi connectivity index (χ3n) is 19.0. The van der Waals surface area contributed by atoms with E-state index in [-0.39, 0.29) is 0 Å². The molecule has 0 aliphatic rings. The summed E-state index contributed by atoms with van der Waals surface area (Å²) < 4.78 is 3.24. The van der Waals surface area contributed by atoms with Gasteiger partial charge in [-0.2, -0.15) is 0 Å². The van der Waals surface area contributed by atoms with Crippen molar-refractivity contribution in [3.05, 3.63) is 97.1 Å². The van der Waals surface area contributed by atoms with E-state index in [1.807, 2.05) is 0 Å². The maximum Gasteiger partial charge on any atom is 0.0867 e. The molecule has 0 radical (unpaired) electrons. The van der Waals surface area contributed by atoms with E-state index in [0.717, 1.165) is 0 Å². The van der Waals surface area contributed by atoms with E-state index in [1.165, 1.54) is 188 Å². The Morgan fingerprint density at radius 3 is 0.795 bits per heavy atom. The summed E-state index contributed by atoms with van der Waals surface area (Å²) in [7, 11) is -8.81. The van der Waals surface area contributed by atoms with Crippen LogP contribution in [0.4, 0.5) is 0 Å². The third-order valence-corrected chi connectivity index (χ3v) is 47.5. The van der Waals surface area contributed by atoms with Gasteiger partial charge in [0.2, 0.25) is 0 Å². The lowest BCUT2D eigenvalue weighted by Gasteiger charge is -2.45. The normalized spacial score (nSPS) is 13.2. The van der Waals surface area contributed by atoms with Crippen molar-refractivity contribution in [1.82, 2.24) is 4.44 Å². The van der Waals surface area contributed by atoms with Crippen LogP contribution in [0.15, 0.2) is 97.1 Å². The molecule has 0 aromatic heterocycles. The summed E-state index contributed by atoms with van der Waals surface area (Å²) in [4.78, 5) is 0. The number of nitrogens with zero attached hydrogens (tertiary/aromatic N) is 1. The molecule has 1 atom stereocenters. The zero-order valence-electron chi connectivity index (χ0n) is 53.9. The fraction of sp³-hybridized carbons (Fsp3) is 0.662. The highest BCUT2D eigenvalue weighted by Crippen LogP contribution is 2.57. The quantitative estimate of drug-likeness (QED) is 0.0316. The van der Waals surface area contributed by atoms with Gasteiger partial charge in [0.05, 0.1) is 32.3 Å². The van der Waals surface area contributed by atoms with E-state index in [9.17, 15) is 0 Å². The van der Waals surface area contributed by atoms with Crippen LogP contribution in [0.3, 0.4) is 0 Å². The number of hydrogen-bond donors (Lipinski definition) is 0. The van der Waals surface area contributed by atoms with Crippen molar-refractivity contribution in [1.29, 1.82) is 0 Å². The molecule has 0 saturated carbocycles. The summed E-state index contributed by atoms with van der Waals surface area (Å²) in [5.74, 6) is 0.488. The lowest BCUT2D eigenvalue weighted by Crippen LogP contribution is -2.50. The average molecular weight is 1170 g/mol. The van der Waals surface area contributed by atoms with Gasteiger partial charge in [-0.3, -0.25) is 0 Å². The van der Waals surface area contributed by atoms with E-state index in [1.54, 1.807) is 42.0 Å². The highest BCUT2D eigenvalue weighted by atomic mass is 31.2. The minimum Gasteiger partial charge on any atom is -0.242 e. The first kappa shape index (κ1) is 69.1. The topological polar surface area (TPSA) is 3.24 Å². The Kier molecular flexibility index (Phi) is 32.2. The maximum atomic E-state index is 3.24. The molecule has 4 aromatic carbocycles. The summed E-state index contributed by atoms with van der Waals surface area (Å²) in [6.07, 6.45) is 23.8. The van der Waals surface area contributed by atoms with Gasteiger partial charge in [-0.1, -0.05) is 403 Å². The van der Waals surface area contributed by atoms with E-state index in [4.69, 9.17) is 0 Å². The van der Waals surface area contributed by atoms with Crippen LogP contribution in [0.1, 0.15) is 219 Å². The van der Waals surface area contributed by atoms with Crippen LogP contribution in [0.2, 0.25) is 72.5 Å². The first-order chi connectivity index (χ1) is 37.8. The van der Waals surface area contributed by atoms with Gasteiger partial charge in [0.1, 0.15) is 0 Å². The molecule has 0 spiro atoms. The van der Waals surface area contributed by atoms with E-state index in [2.05, 4.69) is 205 Å². The van der Waals surface area contributed by atoms with Crippen LogP contribution in [0.25, 0.3) is 0 Å². The van der Waals surface area contributed by atoms with Gasteiger partial charge in [-0.25, -0.2) is 4.44 Å². The first-order valence-corrected chi connectivity index (χ1v) is 46.7. The molecule has 7 heteroatoms. The predicted molar refractivity (Wildman–Crippen MR) is 375 cm³/mol. The zero-order valence-corrected chi connectivity index (χ0v) is 59.7. The van der Waals surface area contributed by atoms with Gasteiger partial charge in [0.15, 0.2) is 0 Å². The Balaban J connectivity index is 2.26. The Morgan fingerprint density at radius 1 is 0.295 bits per heavy atom. The summed E-state index contributed by atoms with van der Waals surface area (Å²) in [5, 5.41) is 13.4. The van der Waals surface area contributed by atoms with Gasteiger partial charge in [0.25, 0.3) is 0 Å². The number of hydrogen-bond acceptors (Lipinski definition) is 1. The lowest BCUT2D eigenvalue weighted by molar-refractivity contribution is 0.407. The van der Waals surface area contributed by atoms with Crippen LogP contribution in [-0.4, -0.2) is 42.8 Å². The van der Waals surface area contributed by atoms with Gasteiger partial charge >= 0.3 is 0 Å². The summed E-state index contributed by atoms with van der Waals surface area (Å²) in [6, 6.07) is 60.7. The van der Waals surface area contributed by atoms with Crippen molar-refractivity contribution >= 4 is 90.4 Å². The van der Waals surface area contributed by atoms with Gasteiger partial charge < -0.3 is 0 Å². The van der Waals surface area contributed by atoms with Gasteiger partial charge in [0, 0.05) is 22.2 Å². The molecule has 438 valence electrons. The monoisotopic (exact) mass is 1160 g/mol. The van der Waals surface area contributed by atoms with Crippen molar-refractivity contribution in [2.75, 3.05) is 0 Å². The number of rotatable bonds is 42. The molecule has 78 heavy (non-hydrogen) atoms. The largest absolute Gasteiger partial charge is 0.242 e. The Morgan fingerprint density at radius 2 is 0.551 bits per heavy atom. The van der Waals surface area contributed by atoms with Crippen LogP contribution in [-0.2, 0) is 0 Å². The van der Waals surface area contributed by atoms with E-state index >= 15 is 0 Å². The fourth-order valence-corrected chi connectivity index (χ4v) is 43.3. The number of benzene rings is 4. The van der Waals surface area contributed by atoms with Crippen LogP contribution >= 0.6 is 16.1 Å². The second-order valence-electron chi connectivity index (χ2n) is 25.4. The third kappa shape index (κ3) is 18.3. The Hall–Kier alpha value is -1.43. The lowest BCUT2D eigenvalue weighted by atomic mass is 10.1.